The fourth-order valence-electron chi connectivity index (χ4n) is 5.73. The van der Waals surface area contributed by atoms with Gasteiger partial charge < -0.3 is 33.5 Å². The molecule has 0 aliphatic carbocycles. The highest BCUT2D eigenvalue weighted by molar-refractivity contribution is 7.99. The third-order valence-electron chi connectivity index (χ3n) is 8.29. The van der Waals surface area contributed by atoms with Gasteiger partial charge in [0.2, 0.25) is 0 Å². The number of unbranched alkanes of at least 4 members (excludes halogenated alkanes) is 2. The number of hydrogen-bond donors (Lipinski definition) is 1. The predicted molar refractivity (Wildman–Crippen MR) is 194 cm³/mol. The second-order valence-corrected chi connectivity index (χ2v) is 13.3. The lowest BCUT2D eigenvalue weighted by molar-refractivity contribution is -0.328. The Kier molecular flexibility index (Phi) is 16.6. The molecule has 4 aromatic carbocycles. The molecule has 0 bridgehead atoms. The first-order valence-corrected chi connectivity index (χ1v) is 18.5. The Morgan fingerprint density at radius 2 is 1.00 bits per heavy atom. The molecule has 1 aliphatic rings. The molecule has 5 atom stereocenters. The standard InChI is InChI=1S/C41H50O7S/c42-24-27-49-26-15-5-14-25-44-41-40(47-31-36-22-12-4-13-23-36)39(46-30-35-20-10-3-11-21-35)38(45-29-34-18-8-2-9-19-34)37(48-41)32-43-28-33-16-6-1-7-17-33/h1-4,6-13,16-23,37-42H,5,14-15,24-32H2/t37-,38-,39+,40-,41-/m1/s1. The van der Waals surface area contributed by atoms with Gasteiger partial charge in [-0.15, -0.1) is 0 Å². The highest BCUT2D eigenvalue weighted by Crippen LogP contribution is 2.32. The smallest absolute Gasteiger partial charge is 0.186 e. The van der Waals surface area contributed by atoms with E-state index in [9.17, 15) is 0 Å². The number of aliphatic hydroxyl groups is 1. The quantitative estimate of drug-likeness (QED) is 0.0848. The fourth-order valence-corrected chi connectivity index (χ4v) is 6.47. The Morgan fingerprint density at radius 3 is 1.53 bits per heavy atom. The number of aliphatic hydroxyl groups excluding tert-OH is 1. The summed E-state index contributed by atoms with van der Waals surface area (Å²) in [6, 6.07) is 40.6. The van der Waals surface area contributed by atoms with Crippen molar-refractivity contribution in [2.45, 2.75) is 76.4 Å². The summed E-state index contributed by atoms with van der Waals surface area (Å²) >= 11 is 1.78. The van der Waals surface area contributed by atoms with E-state index in [1.54, 1.807) is 11.8 Å². The van der Waals surface area contributed by atoms with Crippen LogP contribution in [0.1, 0.15) is 41.5 Å². The van der Waals surface area contributed by atoms with Gasteiger partial charge in [-0.25, -0.2) is 0 Å². The van der Waals surface area contributed by atoms with Crippen LogP contribution in [-0.4, -0.2) is 67.1 Å². The molecule has 1 heterocycles. The predicted octanol–water partition coefficient (Wildman–Crippen LogP) is 7.60. The highest BCUT2D eigenvalue weighted by atomic mass is 32.2. The number of rotatable bonds is 22. The maximum Gasteiger partial charge on any atom is 0.186 e. The van der Waals surface area contributed by atoms with Crippen LogP contribution in [0.3, 0.4) is 0 Å². The van der Waals surface area contributed by atoms with Crippen LogP contribution in [0.4, 0.5) is 0 Å². The van der Waals surface area contributed by atoms with Crippen molar-refractivity contribution in [3.63, 3.8) is 0 Å². The first-order valence-electron chi connectivity index (χ1n) is 17.3. The largest absolute Gasteiger partial charge is 0.396 e. The normalized spacial score (nSPS) is 20.7. The van der Waals surface area contributed by atoms with Crippen molar-refractivity contribution in [3.8, 4) is 0 Å². The zero-order valence-electron chi connectivity index (χ0n) is 28.2. The first kappa shape index (κ1) is 37.2. The second kappa shape index (κ2) is 21.9. The van der Waals surface area contributed by atoms with Gasteiger partial charge in [0, 0.05) is 12.4 Å². The van der Waals surface area contributed by atoms with E-state index in [4.69, 9.17) is 33.5 Å². The third-order valence-corrected chi connectivity index (χ3v) is 9.34. The molecule has 262 valence electrons. The molecule has 7 nitrogen and oxygen atoms in total. The molecule has 5 rings (SSSR count). The van der Waals surface area contributed by atoms with Gasteiger partial charge >= 0.3 is 0 Å². The van der Waals surface area contributed by atoms with Crippen LogP contribution >= 0.6 is 11.8 Å². The van der Waals surface area contributed by atoms with Gasteiger partial charge in [-0.2, -0.15) is 11.8 Å². The summed E-state index contributed by atoms with van der Waals surface area (Å²) in [5.74, 6) is 1.80. The monoisotopic (exact) mass is 686 g/mol. The van der Waals surface area contributed by atoms with Crippen LogP contribution in [0.2, 0.25) is 0 Å². The summed E-state index contributed by atoms with van der Waals surface area (Å²) in [5, 5.41) is 9.07. The van der Waals surface area contributed by atoms with Gasteiger partial charge in [-0.3, -0.25) is 0 Å². The van der Waals surface area contributed by atoms with E-state index in [1.807, 2.05) is 72.8 Å². The number of thioether (sulfide) groups is 1. The summed E-state index contributed by atoms with van der Waals surface area (Å²) in [6.45, 7) is 2.65. The van der Waals surface area contributed by atoms with Crippen molar-refractivity contribution in [1.29, 1.82) is 0 Å². The van der Waals surface area contributed by atoms with Crippen LogP contribution in [0.15, 0.2) is 121 Å². The van der Waals surface area contributed by atoms with Crippen molar-refractivity contribution in [3.05, 3.63) is 144 Å². The molecule has 0 spiro atoms. The molecule has 1 fully saturated rings. The Bertz CT molecular complexity index is 1400. The molecular formula is C41H50O7S. The number of ether oxygens (including phenoxy) is 6. The van der Waals surface area contributed by atoms with Gasteiger partial charge in [0.05, 0.1) is 39.6 Å². The fraction of sp³-hybridized carbons (Fsp3) is 0.415. The Balaban J connectivity index is 1.37. The zero-order valence-corrected chi connectivity index (χ0v) is 29.0. The Hall–Kier alpha value is -3.05. The van der Waals surface area contributed by atoms with Crippen molar-refractivity contribution in [2.24, 2.45) is 0 Å². The summed E-state index contributed by atoms with van der Waals surface area (Å²) in [4.78, 5) is 0. The maximum atomic E-state index is 9.07. The maximum absolute atomic E-state index is 9.07. The molecule has 0 radical (unpaired) electrons. The molecule has 0 saturated carbocycles. The molecular weight excluding hydrogens is 637 g/mol. The van der Waals surface area contributed by atoms with Crippen molar-refractivity contribution in [2.75, 3.05) is 31.3 Å². The van der Waals surface area contributed by atoms with Crippen molar-refractivity contribution >= 4 is 11.8 Å². The topological polar surface area (TPSA) is 75.6 Å². The average molecular weight is 687 g/mol. The summed E-state index contributed by atoms with van der Waals surface area (Å²) in [5.41, 5.74) is 4.26. The number of hydrogen-bond acceptors (Lipinski definition) is 8. The Morgan fingerprint density at radius 1 is 0.510 bits per heavy atom. The van der Waals surface area contributed by atoms with Crippen LogP contribution in [0.5, 0.6) is 0 Å². The van der Waals surface area contributed by atoms with E-state index in [2.05, 4.69) is 48.5 Å². The molecule has 4 aromatic rings. The minimum atomic E-state index is -0.685. The van der Waals surface area contributed by atoms with Crippen LogP contribution in [-0.2, 0) is 54.8 Å². The lowest BCUT2D eigenvalue weighted by atomic mass is 9.97. The van der Waals surface area contributed by atoms with Gasteiger partial charge in [0.15, 0.2) is 6.29 Å². The molecule has 8 heteroatoms. The van der Waals surface area contributed by atoms with E-state index in [0.29, 0.717) is 39.6 Å². The average Bonchev–Trinajstić information content (AvgIpc) is 3.15. The van der Waals surface area contributed by atoms with Gasteiger partial charge in [0.25, 0.3) is 0 Å². The second-order valence-electron chi connectivity index (χ2n) is 12.1. The highest BCUT2D eigenvalue weighted by Gasteiger charge is 2.49. The van der Waals surface area contributed by atoms with Crippen molar-refractivity contribution in [1.82, 2.24) is 0 Å². The molecule has 1 saturated heterocycles. The molecule has 0 amide bonds. The van der Waals surface area contributed by atoms with E-state index < -0.39 is 30.7 Å². The lowest BCUT2D eigenvalue weighted by Gasteiger charge is -2.46. The minimum absolute atomic E-state index is 0.219. The van der Waals surface area contributed by atoms with Gasteiger partial charge in [-0.1, -0.05) is 128 Å². The first-order chi connectivity index (χ1) is 24.3. The summed E-state index contributed by atoms with van der Waals surface area (Å²) < 4.78 is 39.7. The molecule has 1 aliphatic heterocycles. The summed E-state index contributed by atoms with van der Waals surface area (Å²) in [7, 11) is 0. The van der Waals surface area contributed by atoms with E-state index in [-0.39, 0.29) is 6.61 Å². The minimum Gasteiger partial charge on any atom is -0.396 e. The number of benzene rings is 4. The molecule has 1 N–H and O–H groups in total. The van der Waals surface area contributed by atoms with E-state index >= 15 is 0 Å². The Labute approximate surface area is 295 Å². The van der Waals surface area contributed by atoms with Crippen LogP contribution < -0.4 is 0 Å². The van der Waals surface area contributed by atoms with Crippen LogP contribution in [0.25, 0.3) is 0 Å². The molecule has 0 unspecified atom stereocenters. The van der Waals surface area contributed by atoms with E-state index in [0.717, 1.165) is 53.0 Å². The lowest BCUT2D eigenvalue weighted by Crippen LogP contribution is -2.61. The van der Waals surface area contributed by atoms with Crippen molar-refractivity contribution < 1.29 is 33.5 Å². The zero-order chi connectivity index (χ0) is 33.8. The molecule has 49 heavy (non-hydrogen) atoms. The summed E-state index contributed by atoms with van der Waals surface area (Å²) in [6.07, 6.45) is 0.275. The van der Waals surface area contributed by atoms with Crippen LogP contribution in [0, 0.1) is 0 Å². The van der Waals surface area contributed by atoms with Gasteiger partial charge in [-0.05, 0) is 40.8 Å². The van der Waals surface area contributed by atoms with E-state index in [1.165, 1.54) is 0 Å². The van der Waals surface area contributed by atoms with Gasteiger partial charge in [0.1, 0.15) is 24.4 Å². The molecule has 0 aromatic heterocycles. The SMILES string of the molecule is OCCSCCCCCO[C@@H]1O[C@H](COCc2ccccc2)[C@@H](OCc2ccccc2)[C@H](OCc2ccccc2)[C@H]1OCc1ccccc1. The third kappa shape index (κ3) is 13.0.